The van der Waals surface area contributed by atoms with Crippen LogP contribution in [0.15, 0.2) is 12.7 Å². The highest BCUT2D eigenvalue weighted by Gasteiger charge is 2.45. The Bertz CT molecular complexity index is 1080. The highest BCUT2D eigenvalue weighted by Crippen LogP contribution is 2.53. The molecule has 0 saturated carbocycles. The number of carbonyl (C=O) groups excluding carboxylic acids is 1. The third kappa shape index (κ3) is 5.67. The largest absolute Gasteiger partial charge is 0.778 e. The maximum Gasteiger partial charge on any atom is 0.320 e. The number of aromatic nitrogens is 4. The van der Waals surface area contributed by atoms with Gasteiger partial charge in [0.25, 0.3) is 7.82 Å². The first-order valence-electron chi connectivity index (χ1n) is 9.11. The first kappa shape index (κ1) is 24.6. The maximum absolute atomic E-state index is 11.8. The molecule has 1 aliphatic rings. The van der Waals surface area contributed by atoms with Crippen LogP contribution in [-0.4, -0.2) is 73.9 Å². The van der Waals surface area contributed by atoms with E-state index in [0.29, 0.717) is 13.2 Å². The van der Waals surface area contributed by atoms with E-state index in [0.717, 1.165) is 6.33 Å². The molecule has 2 aromatic heterocycles. The van der Waals surface area contributed by atoms with Crippen molar-refractivity contribution in [3.8, 4) is 0 Å². The number of anilines is 1. The fourth-order valence-electron chi connectivity index (χ4n) is 2.91. The summed E-state index contributed by atoms with van der Waals surface area (Å²) in [5.74, 6) is 0.0821. The van der Waals surface area contributed by atoms with Crippen molar-refractivity contribution in [2.75, 3.05) is 25.1 Å². The molecule has 3 heterocycles. The highest BCUT2D eigenvalue weighted by molar-refractivity contribution is 7.62. The lowest BCUT2D eigenvalue weighted by atomic mass is 10.1. The van der Waals surface area contributed by atoms with E-state index in [9.17, 15) is 33.9 Å². The molecule has 2 amide bonds. The Labute approximate surface area is 180 Å². The maximum atomic E-state index is 11.8. The standard InChI is InChI=1S/C14H22N6O10P2/c1-3-15-14(23)19-11-8-12(17-5-16-11)20(6-18-8)13-10(22)9(21)7(29-13)4-28-32(26,27)30-31(2,24)25/h5-7,9-10,13,21-22H,3-4H2,1-2H3,(H,24,25)(H,26,27)(H2,15,16,17,19,23)/p-2/t7-,9?,10+,13-/m1/s1. The molecular formula is C14H20N6O10P2-2. The van der Waals surface area contributed by atoms with E-state index >= 15 is 0 Å². The van der Waals surface area contributed by atoms with Gasteiger partial charge in [0.1, 0.15) is 32.2 Å². The van der Waals surface area contributed by atoms with Gasteiger partial charge in [-0.2, -0.15) is 0 Å². The zero-order valence-electron chi connectivity index (χ0n) is 16.7. The summed E-state index contributed by atoms with van der Waals surface area (Å²) in [6, 6.07) is -0.522. The van der Waals surface area contributed by atoms with E-state index in [1.54, 1.807) is 6.92 Å². The van der Waals surface area contributed by atoms with Crippen molar-refractivity contribution in [2.24, 2.45) is 0 Å². The van der Waals surface area contributed by atoms with Crippen molar-refractivity contribution >= 4 is 38.4 Å². The quantitative estimate of drug-likeness (QED) is 0.299. The molecule has 1 fully saturated rings. The Balaban J connectivity index is 1.77. The van der Waals surface area contributed by atoms with Crippen LogP contribution in [0.4, 0.5) is 10.6 Å². The Morgan fingerprint density at radius 1 is 1.28 bits per heavy atom. The van der Waals surface area contributed by atoms with Crippen LogP contribution in [0.25, 0.3) is 11.2 Å². The van der Waals surface area contributed by atoms with Gasteiger partial charge in [0.05, 0.1) is 12.9 Å². The number of amides is 2. The zero-order chi connectivity index (χ0) is 23.7. The summed E-state index contributed by atoms with van der Waals surface area (Å²) in [6.45, 7) is 1.82. The molecule has 32 heavy (non-hydrogen) atoms. The van der Waals surface area contributed by atoms with E-state index in [2.05, 4.69) is 34.4 Å². The van der Waals surface area contributed by atoms with Gasteiger partial charge >= 0.3 is 6.03 Å². The van der Waals surface area contributed by atoms with Crippen LogP contribution >= 0.6 is 15.4 Å². The summed E-state index contributed by atoms with van der Waals surface area (Å²) in [7, 11) is -9.88. The lowest BCUT2D eigenvalue weighted by Gasteiger charge is -2.29. The van der Waals surface area contributed by atoms with Crippen molar-refractivity contribution in [1.29, 1.82) is 0 Å². The fourth-order valence-corrected chi connectivity index (χ4v) is 4.88. The highest BCUT2D eigenvalue weighted by atomic mass is 31.3. The molecule has 1 saturated heterocycles. The van der Waals surface area contributed by atoms with E-state index in [1.165, 1.54) is 10.9 Å². The summed E-state index contributed by atoms with van der Waals surface area (Å²) in [5.41, 5.74) is 0.302. The van der Waals surface area contributed by atoms with Crippen LogP contribution < -0.4 is 20.4 Å². The molecule has 0 aromatic carbocycles. The number of aliphatic hydroxyl groups excluding tert-OH is 2. The van der Waals surface area contributed by atoms with Crippen LogP contribution in [0.2, 0.25) is 0 Å². The number of fused-ring (bicyclic) bond motifs is 1. The van der Waals surface area contributed by atoms with Gasteiger partial charge in [0, 0.05) is 13.2 Å². The van der Waals surface area contributed by atoms with Crippen LogP contribution in [0.1, 0.15) is 13.2 Å². The molecule has 6 atom stereocenters. The number of aliphatic hydroxyl groups is 2. The molecule has 178 valence electrons. The summed E-state index contributed by atoms with van der Waals surface area (Å²) in [6.07, 6.45) is -3.43. The first-order valence-corrected chi connectivity index (χ1v) is 12.6. The lowest BCUT2D eigenvalue weighted by molar-refractivity contribution is -0.233. The minimum atomic E-state index is -5.24. The SMILES string of the molecule is CCNC(=O)Nc1ncnc2c1ncn2[C@@H]1O[C@H](COP(=O)([O-])OP(C)(=O)[O-])C(O)[C@@H]1O. The smallest absolute Gasteiger partial charge is 0.320 e. The lowest BCUT2D eigenvalue weighted by Crippen LogP contribution is -2.34. The molecule has 0 aliphatic carbocycles. The van der Waals surface area contributed by atoms with E-state index in [1.807, 2.05) is 0 Å². The molecule has 3 rings (SSSR count). The van der Waals surface area contributed by atoms with Crippen molar-refractivity contribution in [3.05, 3.63) is 12.7 Å². The number of urea groups is 1. The van der Waals surface area contributed by atoms with Crippen molar-refractivity contribution in [1.82, 2.24) is 24.8 Å². The average Bonchev–Trinajstić information content (AvgIpc) is 3.21. The van der Waals surface area contributed by atoms with Gasteiger partial charge in [-0.15, -0.1) is 0 Å². The monoisotopic (exact) mass is 494 g/mol. The van der Waals surface area contributed by atoms with Crippen LogP contribution in [-0.2, 0) is 22.7 Å². The van der Waals surface area contributed by atoms with Gasteiger partial charge < -0.3 is 39.1 Å². The number of imidazole rings is 1. The van der Waals surface area contributed by atoms with Crippen LogP contribution in [0.5, 0.6) is 0 Å². The second kappa shape index (κ2) is 9.47. The van der Waals surface area contributed by atoms with Crippen molar-refractivity contribution < 1.29 is 47.5 Å². The van der Waals surface area contributed by atoms with Crippen molar-refractivity contribution in [3.63, 3.8) is 0 Å². The molecule has 2 aromatic rings. The number of rotatable bonds is 8. The number of nitrogens with zero attached hydrogens (tertiary/aromatic N) is 4. The number of carbonyl (C=O) groups is 1. The molecule has 1 aliphatic heterocycles. The molecule has 18 heteroatoms. The molecule has 0 radical (unpaired) electrons. The molecule has 3 unspecified atom stereocenters. The number of ether oxygens (including phenoxy) is 1. The number of phosphoric acid groups is 1. The minimum absolute atomic E-state index is 0.0821. The number of phosphoric ester groups is 1. The summed E-state index contributed by atoms with van der Waals surface area (Å²) >= 11 is 0. The Kier molecular flexibility index (Phi) is 7.29. The van der Waals surface area contributed by atoms with E-state index in [-0.39, 0.29) is 17.0 Å². The normalized spacial score (nSPS) is 27.1. The van der Waals surface area contributed by atoms with E-state index < -0.39 is 52.6 Å². The predicted octanol–water partition coefficient (Wildman–Crippen LogP) is -1.73. The summed E-state index contributed by atoms with van der Waals surface area (Å²) in [5, 5.41) is 25.6. The second-order valence-corrected chi connectivity index (χ2v) is 10.0. The number of nitrogens with one attached hydrogen (secondary N) is 2. The van der Waals surface area contributed by atoms with Crippen LogP contribution in [0.3, 0.4) is 0 Å². The Hall–Kier alpha value is -2.00. The molecule has 0 bridgehead atoms. The third-order valence-corrected chi connectivity index (χ3v) is 6.64. The summed E-state index contributed by atoms with van der Waals surface area (Å²) < 4.78 is 37.7. The minimum Gasteiger partial charge on any atom is -0.778 e. The zero-order valence-corrected chi connectivity index (χ0v) is 18.5. The van der Waals surface area contributed by atoms with Gasteiger partial charge in [-0.1, -0.05) is 0 Å². The van der Waals surface area contributed by atoms with E-state index in [4.69, 9.17) is 4.74 Å². The van der Waals surface area contributed by atoms with Gasteiger partial charge in [-0.25, -0.2) is 19.7 Å². The molecule has 16 nitrogen and oxygen atoms in total. The molecule has 4 N–H and O–H groups in total. The Morgan fingerprint density at radius 3 is 2.66 bits per heavy atom. The van der Waals surface area contributed by atoms with Crippen molar-refractivity contribution in [2.45, 2.75) is 31.5 Å². The first-order chi connectivity index (χ1) is 14.9. The second-order valence-electron chi connectivity index (χ2n) is 6.67. The van der Waals surface area contributed by atoms with Gasteiger partial charge in [0.15, 0.2) is 23.2 Å². The molecular weight excluding hydrogens is 474 g/mol. The molecule has 0 spiro atoms. The number of hydrogen-bond donors (Lipinski definition) is 4. The topological polar surface area (TPSA) is 233 Å². The van der Waals surface area contributed by atoms with Gasteiger partial charge in [0.2, 0.25) is 0 Å². The third-order valence-electron chi connectivity index (χ3n) is 4.18. The predicted molar refractivity (Wildman–Crippen MR) is 102 cm³/mol. The number of hydrogen-bond acceptors (Lipinski definition) is 13. The van der Waals surface area contributed by atoms with Crippen LogP contribution in [0, 0.1) is 0 Å². The summed E-state index contributed by atoms with van der Waals surface area (Å²) in [4.78, 5) is 46.4. The average molecular weight is 494 g/mol. The van der Waals surface area contributed by atoms with Gasteiger partial charge in [-0.3, -0.25) is 18.8 Å². The fraction of sp³-hybridized carbons (Fsp3) is 0.571. The Morgan fingerprint density at radius 2 is 2.00 bits per heavy atom. The van der Waals surface area contributed by atoms with Gasteiger partial charge in [-0.05, 0) is 6.92 Å².